The van der Waals surface area contributed by atoms with Gasteiger partial charge in [-0.05, 0) is 62.3 Å². The van der Waals surface area contributed by atoms with Crippen molar-refractivity contribution in [1.82, 2.24) is 0 Å². The van der Waals surface area contributed by atoms with Gasteiger partial charge in [-0.1, -0.05) is 6.07 Å². The molecular weight excluding hydrogens is 208 g/mol. The van der Waals surface area contributed by atoms with Crippen LogP contribution >= 0.6 is 0 Å². The first-order valence-electron chi connectivity index (χ1n) is 6.61. The summed E-state index contributed by atoms with van der Waals surface area (Å²) in [7, 11) is 2.16. The molecule has 1 unspecified atom stereocenters. The molecule has 2 heteroatoms. The minimum Gasteiger partial charge on any atom is -0.375 e. The molecule has 0 bridgehead atoms. The van der Waals surface area contributed by atoms with E-state index in [1.165, 1.54) is 29.7 Å². The van der Waals surface area contributed by atoms with Crippen molar-refractivity contribution in [2.75, 3.05) is 18.5 Å². The first-order chi connectivity index (χ1) is 8.06. The molecule has 1 aliphatic carbocycles. The molecule has 0 spiro atoms. The van der Waals surface area contributed by atoms with Crippen LogP contribution in [0.1, 0.15) is 30.4 Å². The molecular formula is C15H24N2. The number of nitrogens with zero attached hydrogens (tertiary/aromatic N) is 1. The van der Waals surface area contributed by atoms with E-state index in [0.29, 0.717) is 6.04 Å². The molecule has 2 rings (SSSR count). The molecule has 2 N–H and O–H groups in total. The van der Waals surface area contributed by atoms with Gasteiger partial charge in [0.05, 0.1) is 0 Å². The van der Waals surface area contributed by atoms with Crippen molar-refractivity contribution in [2.45, 2.75) is 39.2 Å². The zero-order chi connectivity index (χ0) is 12.4. The average Bonchev–Trinajstić information content (AvgIpc) is 3.07. The first kappa shape index (κ1) is 12.4. The normalized spacial score (nSPS) is 16.9. The lowest BCUT2D eigenvalue weighted by atomic mass is 10.1. The highest BCUT2D eigenvalue weighted by molar-refractivity contribution is 5.50. The van der Waals surface area contributed by atoms with Crippen LogP contribution < -0.4 is 10.6 Å². The van der Waals surface area contributed by atoms with Crippen LogP contribution in [0, 0.1) is 19.8 Å². The summed E-state index contributed by atoms with van der Waals surface area (Å²) in [6.45, 7) is 5.36. The van der Waals surface area contributed by atoms with Gasteiger partial charge in [0.25, 0.3) is 0 Å². The van der Waals surface area contributed by atoms with Gasteiger partial charge in [-0.2, -0.15) is 0 Å². The lowest BCUT2D eigenvalue weighted by Gasteiger charge is -2.22. The number of nitrogens with two attached hydrogens (primary N) is 1. The average molecular weight is 232 g/mol. The van der Waals surface area contributed by atoms with Gasteiger partial charge in [0.15, 0.2) is 0 Å². The Kier molecular flexibility index (Phi) is 3.72. The summed E-state index contributed by atoms with van der Waals surface area (Å²) in [6.07, 6.45) is 3.79. The highest BCUT2D eigenvalue weighted by Gasteiger charge is 2.28. The quantitative estimate of drug-likeness (QED) is 0.846. The van der Waals surface area contributed by atoms with Gasteiger partial charge in [0, 0.05) is 25.3 Å². The van der Waals surface area contributed by atoms with E-state index >= 15 is 0 Å². The Labute approximate surface area is 105 Å². The van der Waals surface area contributed by atoms with Gasteiger partial charge in [0.2, 0.25) is 0 Å². The van der Waals surface area contributed by atoms with Crippen molar-refractivity contribution in [3.63, 3.8) is 0 Å². The maximum absolute atomic E-state index is 6.14. The zero-order valence-corrected chi connectivity index (χ0v) is 11.2. The van der Waals surface area contributed by atoms with Crippen molar-refractivity contribution in [3.8, 4) is 0 Å². The summed E-state index contributed by atoms with van der Waals surface area (Å²) in [5, 5.41) is 0. The Hall–Kier alpha value is -1.02. The molecule has 1 aromatic carbocycles. The van der Waals surface area contributed by atoms with Gasteiger partial charge < -0.3 is 10.6 Å². The van der Waals surface area contributed by atoms with Crippen LogP contribution in [0.2, 0.25) is 0 Å². The Balaban J connectivity index is 1.91. The van der Waals surface area contributed by atoms with Gasteiger partial charge in [0.1, 0.15) is 0 Å². The van der Waals surface area contributed by atoms with E-state index in [1.54, 1.807) is 0 Å². The predicted octanol–water partition coefficient (Wildman–Crippen LogP) is 2.87. The van der Waals surface area contributed by atoms with E-state index in [4.69, 9.17) is 5.73 Å². The molecule has 1 atom stereocenters. The molecule has 1 saturated carbocycles. The zero-order valence-electron chi connectivity index (χ0n) is 11.2. The molecule has 0 aromatic heterocycles. The molecule has 0 amide bonds. The summed E-state index contributed by atoms with van der Waals surface area (Å²) >= 11 is 0. The molecule has 1 fully saturated rings. The summed E-state index contributed by atoms with van der Waals surface area (Å²) in [4.78, 5) is 2.32. The fraction of sp³-hybridized carbons (Fsp3) is 0.600. The van der Waals surface area contributed by atoms with Gasteiger partial charge >= 0.3 is 0 Å². The van der Waals surface area contributed by atoms with Crippen LogP contribution in [-0.4, -0.2) is 19.6 Å². The molecule has 2 nitrogen and oxygen atoms in total. The molecule has 1 aromatic rings. The third-order valence-corrected chi connectivity index (χ3v) is 3.67. The van der Waals surface area contributed by atoms with Crippen LogP contribution in [0.4, 0.5) is 5.69 Å². The van der Waals surface area contributed by atoms with Crippen LogP contribution in [0.3, 0.4) is 0 Å². The Morgan fingerprint density at radius 1 is 1.24 bits per heavy atom. The summed E-state index contributed by atoms with van der Waals surface area (Å²) in [5.74, 6) is 0.808. The number of aryl methyl sites for hydroxylation is 2. The number of rotatable bonds is 5. The molecule has 0 heterocycles. The fourth-order valence-electron chi connectivity index (χ4n) is 2.40. The smallest absolute Gasteiger partial charge is 0.0368 e. The second kappa shape index (κ2) is 5.09. The predicted molar refractivity (Wildman–Crippen MR) is 74.5 cm³/mol. The largest absolute Gasteiger partial charge is 0.375 e. The molecule has 1 aliphatic rings. The number of benzene rings is 1. The number of hydrogen-bond acceptors (Lipinski definition) is 2. The minimum atomic E-state index is 0.406. The van der Waals surface area contributed by atoms with E-state index < -0.39 is 0 Å². The summed E-state index contributed by atoms with van der Waals surface area (Å²) < 4.78 is 0. The first-order valence-corrected chi connectivity index (χ1v) is 6.61. The SMILES string of the molecule is Cc1cc(C)cc(N(C)CCC(N)C2CC2)c1. The van der Waals surface area contributed by atoms with Crippen molar-refractivity contribution < 1.29 is 0 Å². The third kappa shape index (κ3) is 3.47. The number of anilines is 1. The summed E-state index contributed by atoms with van der Waals surface area (Å²) in [6, 6.07) is 7.11. The van der Waals surface area contributed by atoms with Crippen LogP contribution in [0.25, 0.3) is 0 Å². The van der Waals surface area contributed by atoms with Gasteiger partial charge in [-0.15, -0.1) is 0 Å². The lowest BCUT2D eigenvalue weighted by molar-refractivity contribution is 0.550. The van der Waals surface area contributed by atoms with E-state index in [2.05, 4.69) is 44.0 Å². The van der Waals surface area contributed by atoms with E-state index in [9.17, 15) is 0 Å². The monoisotopic (exact) mass is 232 g/mol. The molecule has 94 valence electrons. The van der Waals surface area contributed by atoms with E-state index in [-0.39, 0.29) is 0 Å². The Morgan fingerprint density at radius 3 is 2.35 bits per heavy atom. The van der Waals surface area contributed by atoms with Crippen molar-refractivity contribution in [1.29, 1.82) is 0 Å². The van der Waals surface area contributed by atoms with Crippen molar-refractivity contribution >= 4 is 5.69 Å². The van der Waals surface area contributed by atoms with Crippen LogP contribution in [-0.2, 0) is 0 Å². The highest BCUT2D eigenvalue weighted by Crippen LogP contribution is 2.33. The molecule has 0 saturated heterocycles. The third-order valence-electron chi connectivity index (χ3n) is 3.67. The molecule has 17 heavy (non-hydrogen) atoms. The van der Waals surface area contributed by atoms with E-state index in [0.717, 1.165) is 18.9 Å². The van der Waals surface area contributed by atoms with Crippen LogP contribution in [0.5, 0.6) is 0 Å². The van der Waals surface area contributed by atoms with Crippen LogP contribution in [0.15, 0.2) is 18.2 Å². The van der Waals surface area contributed by atoms with Crippen molar-refractivity contribution in [3.05, 3.63) is 29.3 Å². The second-order valence-corrected chi connectivity index (χ2v) is 5.56. The van der Waals surface area contributed by atoms with E-state index in [1.807, 2.05) is 0 Å². The second-order valence-electron chi connectivity index (χ2n) is 5.56. The van der Waals surface area contributed by atoms with Gasteiger partial charge in [-0.3, -0.25) is 0 Å². The maximum Gasteiger partial charge on any atom is 0.0368 e. The number of hydrogen-bond donors (Lipinski definition) is 1. The van der Waals surface area contributed by atoms with Gasteiger partial charge in [-0.25, -0.2) is 0 Å². The fourth-order valence-corrected chi connectivity index (χ4v) is 2.40. The highest BCUT2D eigenvalue weighted by atomic mass is 15.1. The topological polar surface area (TPSA) is 29.3 Å². The molecule has 0 aliphatic heterocycles. The van der Waals surface area contributed by atoms with Crippen molar-refractivity contribution in [2.24, 2.45) is 11.7 Å². The maximum atomic E-state index is 6.14. The molecule has 0 radical (unpaired) electrons. The lowest BCUT2D eigenvalue weighted by Crippen LogP contribution is -2.29. The standard InChI is InChI=1S/C15H24N2/c1-11-8-12(2)10-14(9-11)17(3)7-6-15(16)13-4-5-13/h8-10,13,15H,4-7,16H2,1-3H3. The Bertz CT molecular complexity index is 362. The Morgan fingerprint density at radius 2 is 1.82 bits per heavy atom. The summed E-state index contributed by atoms with van der Waals surface area (Å²) in [5.41, 5.74) is 10.1. The minimum absolute atomic E-state index is 0.406.